The second-order valence-corrected chi connectivity index (χ2v) is 4.48. The number of hydrogen-bond acceptors (Lipinski definition) is 2. The molecule has 3 heteroatoms. The molecule has 0 aliphatic heterocycles. The molecule has 0 aromatic heterocycles. The zero-order valence-corrected chi connectivity index (χ0v) is 10.6. The fourth-order valence-electron chi connectivity index (χ4n) is 1.99. The van der Waals surface area contributed by atoms with E-state index in [1.54, 1.807) is 6.07 Å². The van der Waals surface area contributed by atoms with E-state index in [4.69, 9.17) is 0 Å². The average molecular weight is 227 g/mol. The van der Waals surface area contributed by atoms with Crippen LogP contribution in [-0.2, 0) is 6.42 Å². The normalized spacial score (nSPS) is 12.7. The van der Waals surface area contributed by atoms with Gasteiger partial charge in [-0.05, 0) is 43.0 Å². The molecule has 0 bridgehead atoms. The van der Waals surface area contributed by atoms with E-state index in [-0.39, 0.29) is 11.1 Å². The zero-order chi connectivity index (χ0) is 11.6. The van der Waals surface area contributed by atoms with Crippen molar-refractivity contribution in [1.82, 2.24) is 0 Å². The Balaban J connectivity index is 3.49. The van der Waals surface area contributed by atoms with Gasteiger partial charge in [0.15, 0.2) is 0 Å². The molecule has 0 aliphatic rings. The van der Waals surface area contributed by atoms with Crippen LogP contribution in [0.15, 0.2) is 6.07 Å². The molecule has 84 valence electrons. The lowest BCUT2D eigenvalue weighted by Gasteiger charge is -2.19. The van der Waals surface area contributed by atoms with Crippen LogP contribution in [0.2, 0.25) is 0 Å². The summed E-state index contributed by atoms with van der Waals surface area (Å²) >= 11 is 4.42. The second-order valence-electron chi connectivity index (χ2n) is 3.70. The van der Waals surface area contributed by atoms with Gasteiger partial charge in [-0.25, -0.2) is 4.39 Å². The quantitative estimate of drug-likeness (QED) is 0.750. The minimum absolute atomic E-state index is 0.0581. The van der Waals surface area contributed by atoms with Gasteiger partial charge in [-0.3, -0.25) is 0 Å². The topological polar surface area (TPSA) is 12.0 Å². The summed E-state index contributed by atoms with van der Waals surface area (Å²) in [5.41, 5.74) is 3.77. The van der Waals surface area contributed by atoms with Gasteiger partial charge in [0.25, 0.3) is 0 Å². The second kappa shape index (κ2) is 4.88. The summed E-state index contributed by atoms with van der Waals surface area (Å²) in [7, 11) is 1.82. The Hall–Kier alpha value is -0.700. The molecule has 1 aromatic rings. The van der Waals surface area contributed by atoms with Crippen molar-refractivity contribution in [2.24, 2.45) is 0 Å². The number of benzene rings is 1. The van der Waals surface area contributed by atoms with Gasteiger partial charge in [-0.2, -0.15) is 12.6 Å². The van der Waals surface area contributed by atoms with Crippen molar-refractivity contribution >= 4 is 18.3 Å². The van der Waals surface area contributed by atoms with E-state index in [0.717, 1.165) is 17.7 Å². The van der Waals surface area contributed by atoms with Crippen LogP contribution in [0, 0.1) is 12.7 Å². The maximum Gasteiger partial charge on any atom is 0.128 e. The van der Waals surface area contributed by atoms with Crippen LogP contribution in [0.4, 0.5) is 10.1 Å². The molecule has 15 heavy (non-hydrogen) atoms. The van der Waals surface area contributed by atoms with E-state index in [0.29, 0.717) is 5.56 Å². The van der Waals surface area contributed by atoms with Gasteiger partial charge >= 0.3 is 0 Å². The summed E-state index contributed by atoms with van der Waals surface area (Å²) in [4.78, 5) is 0. The molecule has 1 rings (SSSR count). The predicted molar refractivity (Wildman–Crippen MR) is 67.5 cm³/mol. The lowest BCUT2D eigenvalue weighted by molar-refractivity contribution is 0.615. The van der Waals surface area contributed by atoms with Crippen molar-refractivity contribution in [3.05, 3.63) is 28.6 Å². The molecule has 0 radical (unpaired) electrons. The van der Waals surface area contributed by atoms with Gasteiger partial charge < -0.3 is 5.32 Å². The average Bonchev–Trinajstić information content (AvgIpc) is 2.20. The fourth-order valence-corrected chi connectivity index (χ4v) is 2.34. The van der Waals surface area contributed by atoms with Crippen LogP contribution in [0.1, 0.15) is 35.8 Å². The Bertz CT molecular complexity index is 361. The largest absolute Gasteiger partial charge is 0.388 e. The summed E-state index contributed by atoms with van der Waals surface area (Å²) in [6, 6.07) is 1.56. The van der Waals surface area contributed by atoms with Crippen molar-refractivity contribution in [2.75, 3.05) is 12.4 Å². The van der Waals surface area contributed by atoms with E-state index < -0.39 is 0 Å². The molecule has 1 atom stereocenters. The Kier molecular flexibility index (Phi) is 4.03. The standard InChI is InChI=1S/C12H18FNS/c1-5-9-11(14-4)6-10(13)7(2)12(9)8(3)15/h6,8,14-15H,5H2,1-4H3. The molecule has 0 fully saturated rings. The lowest BCUT2D eigenvalue weighted by Crippen LogP contribution is -2.05. The van der Waals surface area contributed by atoms with E-state index in [9.17, 15) is 4.39 Å². The van der Waals surface area contributed by atoms with E-state index in [2.05, 4.69) is 24.9 Å². The molecule has 0 saturated carbocycles. The Morgan fingerprint density at radius 2 is 2.13 bits per heavy atom. The molecule has 0 spiro atoms. The van der Waals surface area contributed by atoms with Crippen LogP contribution in [0.3, 0.4) is 0 Å². The SMILES string of the molecule is CCc1c(NC)cc(F)c(C)c1C(C)S. The number of nitrogens with one attached hydrogen (secondary N) is 1. The van der Waals surface area contributed by atoms with Crippen LogP contribution in [-0.4, -0.2) is 7.05 Å². The molecule has 0 saturated heterocycles. The number of rotatable bonds is 3. The Morgan fingerprint density at radius 1 is 1.53 bits per heavy atom. The van der Waals surface area contributed by atoms with Gasteiger partial charge in [0.2, 0.25) is 0 Å². The lowest BCUT2D eigenvalue weighted by atomic mass is 9.95. The van der Waals surface area contributed by atoms with E-state index in [1.807, 2.05) is 20.9 Å². The predicted octanol–water partition coefficient (Wildman–Crippen LogP) is 3.73. The van der Waals surface area contributed by atoms with Crippen molar-refractivity contribution in [3.63, 3.8) is 0 Å². The first-order valence-corrected chi connectivity index (χ1v) is 5.72. The molecular weight excluding hydrogens is 209 g/mol. The minimum Gasteiger partial charge on any atom is -0.388 e. The number of halogens is 1. The zero-order valence-electron chi connectivity index (χ0n) is 9.69. The maximum atomic E-state index is 13.6. The summed E-state index contributed by atoms with van der Waals surface area (Å²) in [6.45, 7) is 5.87. The van der Waals surface area contributed by atoms with E-state index in [1.165, 1.54) is 5.56 Å². The first kappa shape index (κ1) is 12.4. The molecule has 1 N–H and O–H groups in total. The molecular formula is C12H18FNS. The summed E-state index contributed by atoms with van der Waals surface area (Å²) < 4.78 is 13.6. The first-order valence-electron chi connectivity index (χ1n) is 5.20. The van der Waals surface area contributed by atoms with Gasteiger partial charge in [0.05, 0.1) is 0 Å². The fraction of sp³-hybridized carbons (Fsp3) is 0.500. The van der Waals surface area contributed by atoms with Crippen molar-refractivity contribution in [3.8, 4) is 0 Å². The maximum absolute atomic E-state index is 13.6. The highest BCUT2D eigenvalue weighted by Crippen LogP contribution is 2.33. The minimum atomic E-state index is -0.160. The third kappa shape index (κ3) is 2.28. The Morgan fingerprint density at radius 3 is 2.53 bits per heavy atom. The highest BCUT2D eigenvalue weighted by atomic mass is 32.1. The van der Waals surface area contributed by atoms with Crippen LogP contribution >= 0.6 is 12.6 Å². The van der Waals surface area contributed by atoms with Crippen molar-refractivity contribution in [2.45, 2.75) is 32.4 Å². The summed E-state index contributed by atoms with van der Waals surface area (Å²) in [5.74, 6) is -0.160. The number of hydrogen-bond donors (Lipinski definition) is 2. The smallest absolute Gasteiger partial charge is 0.128 e. The molecule has 0 amide bonds. The van der Waals surface area contributed by atoms with Gasteiger partial charge in [-0.1, -0.05) is 6.92 Å². The third-order valence-corrected chi connectivity index (χ3v) is 2.98. The monoisotopic (exact) mass is 227 g/mol. The summed E-state index contributed by atoms with van der Waals surface area (Å²) in [6.07, 6.45) is 0.886. The molecule has 1 aromatic carbocycles. The molecule has 1 nitrogen and oxygen atoms in total. The van der Waals surface area contributed by atoms with Crippen LogP contribution in [0.25, 0.3) is 0 Å². The number of anilines is 1. The van der Waals surface area contributed by atoms with Gasteiger partial charge in [-0.15, -0.1) is 0 Å². The van der Waals surface area contributed by atoms with Crippen LogP contribution in [0.5, 0.6) is 0 Å². The highest BCUT2D eigenvalue weighted by Gasteiger charge is 2.16. The van der Waals surface area contributed by atoms with E-state index >= 15 is 0 Å². The number of thiol groups is 1. The molecule has 0 aliphatic carbocycles. The van der Waals surface area contributed by atoms with Crippen LogP contribution < -0.4 is 5.32 Å². The van der Waals surface area contributed by atoms with Crippen molar-refractivity contribution in [1.29, 1.82) is 0 Å². The highest BCUT2D eigenvalue weighted by molar-refractivity contribution is 7.80. The van der Waals surface area contributed by atoms with Crippen molar-refractivity contribution < 1.29 is 4.39 Å². The molecule has 1 unspecified atom stereocenters. The van der Waals surface area contributed by atoms with Gasteiger partial charge in [0, 0.05) is 18.0 Å². The Labute approximate surface area is 96.5 Å². The summed E-state index contributed by atoms with van der Waals surface area (Å²) in [5, 5.41) is 3.09. The van der Waals surface area contributed by atoms with Gasteiger partial charge in [0.1, 0.15) is 5.82 Å². The first-order chi connectivity index (χ1) is 7.02. The third-order valence-electron chi connectivity index (χ3n) is 2.72. The molecule has 0 heterocycles.